The van der Waals surface area contributed by atoms with Crippen LogP contribution in [0.1, 0.15) is 35.4 Å². The summed E-state index contributed by atoms with van der Waals surface area (Å²) in [6, 6.07) is 1.71. The number of aryl methyl sites for hydroxylation is 1. The van der Waals surface area contributed by atoms with Gasteiger partial charge in [0.2, 0.25) is 0 Å². The lowest BCUT2D eigenvalue weighted by atomic mass is 10.1. The molecule has 1 N–H and O–H groups in total. The van der Waals surface area contributed by atoms with E-state index in [0.717, 1.165) is 6.54 Å². The second-order valence-corrected chi connectivity index (χ2v) is 4.55. The normalized spacial score (nSPS) is 17.0. The lowest BCUT2D eigenvalue weighted by Crippen LogP contribution is -2.37. The van der Waals surface area contributed by atoms with E-state index in [9.17, 15) is 4.79 Å². The summed E-state index contributed by atoms with van der Waals surface area (Å²) in [5, 5.41) is 2.93. The Hall–Kier alpha value is -1.29. The molecule has 94 valence electrons. The Balaban J connectivity index is 1.71. The molecule has 0 saturated carbocycles. The van der Waals surface area contributed by atoms with Crippen LogP contribution in [0.15, 0.2) is 16.7 Å². The number of carbonyl (C=O) groups excluding carboxylic acids is 1. The zero-order valence-electron chi connectivity index (χ0n) is 10.4. The largest absolute Gasteiger partial charge is 0.469 e. The molecule has 17 heavy (non-hydrogen) atoms. The number of hydrogen-bond donors (Lipinski definition) is 1. The molecule has 0 aliphatic carbocycles. The zero-order chi connectivity index (χ0) is 12.1. The molecule has 1 aromatic rings. The molecule has 0 aromatic carbocycles. The smallest absolute Gasteiger partial charge is 0.254 e. The van der Waals surface area contributed by atoms with Gasteiger partial charge in [-0.1, -0.05) is 6.42 Å². The Morgan fingerprint density at radius 3 is 2.82 bits per heavy atom. The summed E-state index contributed by atoms with van der Waals surface area (Å²) in [6.07, 6.45) is 5.47. The summed E-state index contributed by atoms with van der Waals surface area (Å²) in [5.41, 5.74) is 0.642. The van der Waals surface area contributed by atoms with E-state index in [0.29, 0.717) is 17.9 Å². The minimum Gasteiger partial charge on any atom is -0.469 e. The minimum atomic E-state index is -0.0340. The van der Waals surface area contributed by atoms with Crippen LogP contribution in [0.5, 0.6) is 0 Å². The van der Waals surface area contributed by atoms with E-state index in [1.165, 1.54) is 32.4 Å². The molecule has 0 spiro atoms. The third-order valence-corrected chi connectivity index (χ3v) is 3.27. The zero-order valence-corrected chi connectivity index (χ0v) is 10.4. The molecule has 0 bridgehead atoms. The third-order valence-electron chi connectivity index (χ3n) is 3.27. The number of likely N-dealkylation sites (tertiary alicyclic amines) is 1. The topological polar surface area (TPSA) is 45.5 Å². The molecule has 1 fully saturated rings. The molecule has 4 nitrogen and oxygen atoms in total. The number of hydrogen-bond acceptors (Lipinski definition) is 3. The van der Waals surface area contributed by atoms with E-state index in [4.69, 9.17) is 4.42 Å². The highest BCUT2D eigenvalue weighted by Gasteiger charge is 2.12. The maximum atomic E-state index is 11.8. The van der Waals surface area contributed by atoms with Crippen molar-refractivity contribution in [2.24, 2.45) is 0 Å². The molecule has 0 unspecified atom stereocenters. The van der Waals surface area contributed by atoms with Crippen molar-refractivity contribution in [1.29, 1.82) is 0 Å². The predicted molar refractivity (Wildman–Crippen MR) is 66.1 cm³/mol. The predicted octanol–water partition coefficient (Wildman–Crippen LogP) is 1.80. The van der Waals surface area contributed by atoms with Crippen LogP contribution in [0.3, 0.4) is 0 Å². The summed E-state index contributed by atoms with van der Waals surface area (Å²) in [6.45, 7) is 5.80. The molecule has 0 radical (unpaired) electrons. The fourth-order valence-electron chi connectivity index (χ4n) is 2.23. The van der Waals surface area contributed by atoms with Crippen molar-refractivity contribution in [3.05, 3.63) is 23.7 Å². The third kappa shape index (κ3) is 3.33. The molecule has 2 rings (SSSR count). The molecule has 0 atom stereocenters. The first-order valence-corrected chi connectivity index (χ1v) is 6.32. The maximum absolute atomic E-state index is 11.8. The molecule has 1 aromatic heterocycles. The average molecular weight is 236 g/mol. The van der Waals surface area contributed by atoms with Crippen LogP contribution in [-0.2, 0) is 0 Å². The van der Waals surface area contributed by atoms with Crippen molar-refractivity contribution in [3.63, 3.8) is 0 Å². The van der Waals surface area contributed by atoms with Crippen LogP contribution in [0.4, 0.5) is 0 Å². The molecular weight excluding hydrogens is 216 g/mol. The van der Waals surface area contributed by atoms with E-state index in [1.807, 2.05) is 0 Å². The second kappa shape index (κ2) is 5.87. The number of nitrogens with zero attached hydrogens (tertiary/aromatic N) is 1. The van der Waals surface area contributed by atoms with Gasteiger partial charge in [-0.15, -0.1) is 0 Å². The van der Waals surface area contributed by atoms with Gasteiger partial charge in [0.1, 0.15) is 5.76 Å². The maximum Gasteiger partial charge on any atom is 0.254 e. The van der Waals surface area contributed by atoms with Gasteiger partial charge in [0.15, 0.2) is 0 Å². The van der Waals surface area contributed by atoms with Crippen LogP contribution in [0, 0.1) is 6.92 Å². The molecule has 2 heterocycles. The van der Waals surface area contributed by atoms with Crippen molar-refractivity contribution in [2.45, 2.75) is 26.2 Å². The average Bonchev–Trinajstić information content (AvgIpc) is 2.77. The first-order valence-electron chi connectivity index (χ1n) is 6.32. The highest BCUT2D eigenvalue weighted by atomic mass is 16.3. The summed E-state index contributed by atoms with van der Waals surface area (Å²) >= 11 is 0. The Morgan fingerprint density at radius 1 is 1.41 bits per heavy atom. The molecule has 4 heteroatoms. The van der Waals surface area contributed by atoms with E-state index >= 15 is 0 Å². The quantitative estimate of drug-likeness (QED) is 0.867. The number of amides is 1. The number of furan rings is 1. The standard InChI is InChI=1S/C13H20N2O2/c1-11-12(5-10-17-11)13(16)14-6-9-15-7-3-2-4-8-15/h5,10H,2-4,6-9H2,1H3,(H,14,16). The number of nitrogens with one attached hydrogen (secondary N) is 1. The lowest BCUT2D eigenvalue weighted by Gasteiger charge is -2.26. The van der Waals surface area contributed by atoms with Gasteiger partial charge in [-0.05, 0) is 38.9 Å². The van der Waals surface area contributed by atoms with Gasteiger partial charge in [0, 0.05) is 13.1 Å². The molecule has 1 amide bonds. The number of piperidine rings is 1. The van der Waals surface area contributed by atoms with Gasteiger partial charge in [0.05, 0.1) is 11.8 Å². The van der Waals surface area contributed by atoms with Gasteiger partial charge in [-0.3, -0.25) is 4.79 Å². The monoisotopic (exact) mass is 236 g/mol. The van der Waals surface area contributed by atoms with E-state index in [2.05, 4.69) is 10.2 Å². The van der Waals surface area contributed by atoms with Crippen LogP contribution in [0.25, 0.3) is 0 Å². The van der Waals surface area contributed by atoms with Crippen LogP contribution < -0.4 is 5.32 Å². The van der Waals surface area contributed by atoms with Crippen molar-refractivity contribution in [2.75, 3.05) is 26.2 Å². The van der Waals surface area contributed by atoms with Crippen molar-refractivity contribution >= 4 is 5.91 Å². The van der Waals surface area contributed by atoms with E-state index < -0.39 is 0 Å². The van der Waals surface area contributed by atoms with Gasteiger partial charge in [0.25, 0.3) is 5.91 Å². The molecule has 1 aliphatic heterocycles. The Morgan fingerprint density at radius 2 is 2.18 bits per heavy atom. The molecular formula is C13H20N2O2. The van der Waals surface area contributed by atoms with Crippen LogP contribution in [-0.4, -0.2) is 37.0 Å². The Kier molecular flexibility index (Phi) is 4.20. The Bertz CT molecular complexity index is 367. The number of rotatable bonds is 4. The first-order chi connectivity index (χ1) is 8.27. The fraction of sp³-hybridized carbons (Fsp3) is 0.615. The fourth-order valence-corrected chi connectivity index (χ4v) is 2.23. The minimum absolute atomic E-state index is 0.0340. The highest BCUT2D eigenvalue weighted by Crippen LogP contribution is 2.09. The molecule has 1 aliphatic rings. The SMILES string of the molecule is Cc1occc1C(=O)NCCN1CCCCC1. The first kappa shape index (κ1) is 12.2. The van der Waals surface area contributed by atoms with Crippen molar-refractivity contribution in [3.8, 4) is 0 Å². The molecule has 1 saturated heterocycles. The summed E-state index contributed by atoms with van der Waals surface area (Å²) < 4.78 is 5.11. The number of carbonyl (C=O) groups is 1. The Labute approximate surface area is 102 Å². The van der Waals surface area contributed by atoms with Gasteiger partial charge < -0.3 is 14.6 Å². The second-order valence-electron chi connectivity index (χ2n) is 4.55. The lowest BCUT2D eigenvalue weighted by molar-refractivity contribution is 0.0945. The van der Waals surface area contributed by atoms with Crippen LogP contribution >= 0.6 is 0 Å². The van der Waals surface area contributed by atoms with E-state index in [-0.39, 0.29) is 5.91 Å². The van der Waals surface area contributed by atoms with Gasteiger partial charge >= 0.3 is 0 Å². The highest BCUT2D eigenvalue weighted by molar-refractivity contribution is 5.94. The van der Waals surface area contributed by atoms with Crippen molar-refractivity contribution < 1.29 is 9.21 Å². The summed E-state index contributed by atoms with van der Waals surface area (Å²) in [5.74, 6) is 0.647. The van der Waals surface area contributed by atoms with Crippen molar-refractivity contribution in [1.82, 2.24) is 10.2 Å². The summed E-state index contributed by atoms with van der Waals surface area (Å²) in [7, 11) is 0. The van der Waals surface area contributed by atoms with Crippen LogP contribution in [0.2, 0.25) is 0 Å². The van der Waals surface area contributed by atoms with Gasteiger partial charge in [-0.2, -0.15) is 0 Å². The summed E-state index contributed by atoms with van der Waals surface area (Å²) in [4.78, 5) is 14.2. The van der Waals surface area contributed by atoms with E-state index in [1.54, 1.807) is 19.3 Å². The van der Waals surface area contributed by atoms with Gasteiger partial charge in [-0.25, -0.2) is 0 Å².